The minimum atomic E-state index is -0.456. The highest BCUT2D eigenvalue weighted by Gasteiger charge is 2.31. The molecule has 0 aromatic heterocycles. The molecule has 0 aliphatic carbocycles. The van der Waals surface area contributed by atoms with Gasteiger partial charge in [0, 0.05) is 25.7 Å². The summed E-state index contributed by atoms with van der Waals surface area (Å²) >= 11 is 0. The highest BCUT2D eigenvalue weighted by atomic mass is 16.6. The average molecular weight is 271 g/mol. The van der Waals surface area contributed by atoms with Crippen LogP contribution in [0, 0.1) is 0 Å². The third-order valence-corrected chi connectivity index (χ3v) is 3.63. The fourth-order valence-electron chi connectivity index (χ4n) is 2.01. The zero-order valence-electron chi connectivity index (χ0n) is 12.9. The first-order valence-corrected chi connectivity index (χ1v) is 7.25. The molecule has 1 rings (SSSR count). The molecular formula is C14H29N3O2. The lowest BCUT2D eigenvalue weighted by Gasteiger charge is -2.37. The van der Waals surface area contributed by atoms with E-state index in [9.17, 15) is 4.79 Å². The van der Waals surface area contributed by atoms with E-state index in [-0.39, 0.29) is 11.6 Å². The summed E-state index contributed by atoms with van der Waals surface area (Å²) in [6, 6.07) is 0.526. The van der Waals surface area contributed by atoms with Crippen molar-refractivity contribution in [3.8, 4) is 0 Å². The lowest BCUT2D eigenvalue weighted by Crippen LogP contribution is -2.62. The normalized spacial score (nSPS) is 16.9. The molecule has 5 heteroatoms. The van der Waals surface area contributed by atoms with E-state index < -0.39 is 5.60 Å². The van der Waals surface area contributed by atoms with Gasteiger partial charge in [-0.3, -0.25) is 0 Å². The van der Waals surface area contributed by atoms with Crippen LogP contribution in [0.15, 0.2) is 0 Å². The predicted octanol–water partition coefficient (Wildman–Crippen LogP) is 1.63. The molecule has 0 aromatic carbocycles. The Morgan fingerprint density at radius 1 is 1.26 bits per heavy atom. The number of ether oxygens (including phenoxy) is 1. The molecule has 1 fully saturated rings. The number of hydrogen-bond donors (Lipinski definition) is 3. The first kappa shape index (κ1) is 16.2. The van der Waals surface area contributed by atoms with Crippen LogP contribution in [-0.4, -0.2) is 42.9 Å². The molecule has 3 N–H and O–H groups in total. The van der Waals surface area contributed by atoms with Crippen LogP contribution in [0.1, 0.15) is 47.5 Å². The van der Waals surface area contributed by atoms with Gasteiger partial charge in [0.05, 0.1) is 5.54 Å². The van der Waals surface area contributed by atoms with E-state index in [0.29, 0.717) is 6.04 Å². The maximum absolute atomic E-state index is 11.9. The first-order valence-electron chi connectivity index (χ1n) is 7.25. The van der Waals surface area contributed by atoms with Gasteiger partial charge in [-0.15, -0.1) is 0 Å². The Kier molecular flexibility index (Phi) is 5.62. The predicted molar refractivity (Wildman–Crippen MR) is 77.3 cm³/mol. The third-order valence-electron chi connectivity index (χ3n) is 3.63. The van der Waals surface area contributed by atoms with E-state index in [1.54, 1.807) is 0 Å². The molecule has 1 heterocycles. The molecule has 0 saturated carbocycles. The van der Waals surface area contributed by atoms with Gasteiger partial charge in [-0.2, -0.15) is 0 Å². The fourth-order valence-corrected chi connectivity index (χ4v) is 2.01. The van der Waals surface area contributed by atoms with E-state index in [2.05, 4.69) is 29.8 Å². The van der Waals surface area contributed by atoms with E-state index in [0.717, 1.165) is 32.5 Å². The quantitative estimate of drug-likeness (QED) is 0.687. The lowest BCUT2D eigenvalue weighted by molar-refractivity contribution is 0.0442. The molecule has 0 radical (unpaired) electrons. The molecule has 0 spiro atoms. The molecule has 1 aliphatic heterocycles. The van der Waals surface area contributed by atoms with Crippen molar-refractivity contribution in [1.82, 2.24) is 16.0 Å². The molecule has 1 aliphatic rings. The van der Waals surface area contributed by atoms with Crippen molar-refractivity contribution in [3.05, 3.63) is 0 Å². The summed E-state index contributed by atoms with van der Waals surface area (Å²) in [4.78, 5) is 11.9. The van der Waals surface area contributed by atoms with Gasteiger partial charge in [0.2, 0.25) is 0 Å². The molecule has 0 bridgehead atoms. The zero-order chi connectivity index (χ0) is 14.5. The molecule has 112 valence electrons. The standard InChI is InChI=1S/C14H29N3O2/c1-6-14(7-2,10-16-11-8-15-9-11)17-12(18)19-13(3,4)5/h11,15-16H,6-10H2,1-5H3,(H,17,18). The Hall–Kier alpha value is -0.810. The van der Waals surface area contributed by atoms with Crippen LogP contribution < -0.4 is 16.0 Å². The summed E-state index contributed by atoms with van der Waals surface area (Å²) in [5.74, 6) is 0. The van der Waals surface area contributed by atoms with Crippen molar-refractivity contribution < 1.29 is 9.53 Å². The summed E-state index contributed by atoms with van der Waals surface area (Å²) in [5.41, 5.74) is -0.680. The smallest absolute Gasteiger partial charge is 0.408 e. The van der Waals surface area contributed by atoms with E-state index in [4.69, 9.17) is 4.74 Å². The van der Waals surface area contributed by atoms with Gasteiger partial charge in [-0.1, -0.05) is 13.8 Å². The van der Waals surface area contributed by atoms with Crippen LogP contribution in [0.2, 0.25) is 0 Å². The molecule has 0 unspecified atom stereocenters. The number of alkyl carbamates (subject to hydrolysis) is 1. The molecule has 5 nitrogen and oxygen atoms in total. The highest BCUT2D eigenvalue weighted by molar-refractivity contribution is 5.68. The monoisotopic (exact) mass is 271 g/mol. The van der Waals surface area contributed by atoms with Gasteiger partial charge in [-0.05, 0) is 33.6 Å². The number of carbonyl (C=O) groups is 1. The average Bonchev–Trinajstić information content (AvgIpc) is 2.22. The van der Waals surface area contributed by atoms with Crippen molar-refractivity contribution >= 4 is 6.09 Å². The molecule has 0 aromatic rings. The van der Waals surface area contributed by atoms with Gasteiger partial charge in [0.1, 0.15) is 5.60 Å². The Morgan fingerprint density at radius 2 is 1.84 bits per heavy atom. The van der Waals surface area contributed by atoms with Crippen LogP contribution in [0.5, 0.6) is 0 Å². The fraction of sp³-hybridized carbons (Fsp3) is 0.929. The van der Waals surface area contributed by atoms with Crippen LogP contribution in [-0.2, 0) is 4.74 Å². The van der Waals surface area contributed by atoms with Crippen molar-refractivity contribution in [2.24, 2.45) is 0 Å². The zero-order valence-corrected chi connectivity index (χ0v) is 12.9. The largest absolute Gasteiger partial charge is 0.444 e. The van der Waals surface area contributed by atoms with Gasteiger partial charge >= 0.3 is 6.09 Å². The Morgan fingerprint density at radius 3 is 2.21 bits per heavy atom. The topological polar surface area (TPSA) is 62.4 Å². The number of amides is 1. The van der Waals surface area contributed by atoms with Crippen molar-refractivity contribution in [1.29, 1.82) is 0 Å². The van der Waals surface area contributed by atoms with Crippen LogP contribution in [0.3, 0.4) is 0 Å². The summed E-state index contributed by atoms with van der Waals surface area (Å²) in [7, 11) is 0. The van der Waals surface area contributed by atoms with Crippen LogP contribution >= 0.6 is 0 Å². The van der Waals surface area contributed by atoms with Crippen LogP contribution in [0.25, 0.3) is 0 Å². The maximum atomic E-state index is 11.9. The van der Waals surface area contributed by atoms with E-state index in [1.807, 2.05) is 20.8 Å². The minimum absolute atomic E-state index is 0.224. The van der Waals surface area contributed by atoms with Gasteiger partial charge in [0.15, 0.2) is 0 Å². The molecule has 1 amide bonds. The van der Waals surface area contributed by atoms with E-state index in [1.165, 1.54) is 0 Å². The molecule has 19 heavy (non-hydrogen) atoms. The second-order valence-electron chi connectivity index (χ2n) is 6.35. The number of rotatable bonds is 6. The summed E-state index contributed by atoms with van der Waals surface area (Å²) in [6.07, 6.45) is 1.44. The van der Waals surface area contributed by atoms with Crippen molar-refractivity contribution in [2.45, 2.75) is 64.6 Å². The molecular weight excluding hydrogens is 242 g/mol. The highest BCUT2D eigenvalue weighted by Crippen LogP contribution is 2.16. The number of carbonyl (C=O) groups excluding carboxylic acids is 1. The second kappa shape index (κ2) is 6.57. The third kappa shape index (κ3) is 5.37. The van der Waals surface area contributed by atoms with Crippen LogP contribution in [0.4, 0.5) is 4.79 Å². The molecule has 1 saturated heterocycles. The lowest BCUT2D eigenvalue weighted by atomic mass is 9.92. The number of nitrogens with one attached hydrogen (secondary N) is 3. The summed E-state index contributed by atoms with van der Waals surface area (Å²) in [5, 5.41) is 9.77. The summed E-state index contributed by atoms with van der Waals surface area (Å²) < 4.78 is 5.35. The second-order valence-corrected chi connectivity index (χ2v) is 6.35. The Balaban J connectivity index is 2.51. The maximum Gasteiger partial charge on any atom is 0.408 e. The first-order chi connectivity index (χ1) is 8.80. The SMILES string of the molecule is CCC(CC)(CNC1CNC1)NC(=O)OC(C)(C)C. The Labute approximate surface area is 116 Å². The van der Waals surface area contributed by atoms with Gasteiger partial charge in [0.25, 0.3) is 0 Å². The minimum Gasteiger partial charge on any atom is -0.444 e. The van der Waals surface area contributed by atoms with Gasteiger partial charge in [-0.25, -0.2) is 4.79 Å². The van der Waals surface area contributed by atoms with Crippen molar-refractivity contribution in [3.63, 3.8) is 0 Å². The van der Waals surface area contributed by atoms with Gasteiger partial charge < -0.3 is 20.7 Å². The van der Waals surface area contributed by atoms with E-state index >= 15 is 0 Å². The van der Waals surface area contributed by atoms with Crippen molar-refractivity contribution in [2.75, 3.05) is 19.6 Å². The number of hydrogen-bond acceptors (Lipinski definition) is 4. The summed E-state index contributed by atoms with van der Waals surface area (Å²) in [6.45, 7) is 12.6. The molecule has 0 atom stereocenters. The Bertz CT molecular complexity index is 292.